The fraction of sp³-hybridized carbons (Fsp3) is 0.818. The SMILES string of the molecule is CC(C)CCCC(C)NS(=O)(=O)c1c(Br)nnn1C. The molecule has 0 radical (unpaired) electrons. The second-order valence-electron chi connectivity index (χ2n) is 5.16. The Morgan fingerprint density at radius 3 is 2.42 bits per heavy atom. The van der Waals surface area contributed by atoms with Crippen LogP contribution in [0.15, 0.2) is 9.63 Å². The average molecular weight is 353 g/mol. The minimum atomic E-state index is -3.59. The van der Waals surface area contributed by atoms with Crippen molar-refractivity contribution in [3.05, 3.63) is 4.60 Å². The Morgan fingerprint density at radius 2 is 1.95 bits per heavy atom. The van der Waals surface area contributed by atoms with Crippen LogP contribution < -0.4 is 4.72 Å². The second-order valence-corrected chi connectivity index (χ2v) is 7.54. The molecule has 1 rings (SSSR count). The summed E-state index contributed by atoms with van der Waals surface area (Å²) in [6.07, 6.45) is 2.93. The third kappa shape index (κ3) is 4.85. The highest BCUT2D eigenvalue weighted by molar-refractivity contribution is 9.10. The average Bonchev–Trinajstić information content (AvgIpc) is 2.57. The summed E-state index contributed by atoms with van der Waals surface area (Å²) in [6, 6.07) is -0.106. The van der Waals surface area contributed by atoms with Gasteiger partial charge in [-0.25, -0.2) is 17.8 Å². The molecule has 1 unspecified atom stereocenters. The first kappa shape index (κ1) is 16.6. The lowest BCUT2D eigenvalue weighted by Crippen LogP contribution is -2.34. The van der Waals surface area contributed by atoms with Crippen molar-refractivity contribution in [3.8, 4) is 0 Å². The van der Waals surface area contributed by atoms with Crippen LogP contribution >= 0.6 is 15.9 Å². The molecule has 6 nitrogen and oxygen atoms in total. The first-order valence-corrected chi connectivity index (χ1v) is 8.59. The molecule has 0 saturated carbocycles. The van der Waals surface area contributed by atoms with Crippen LogP contribution in [0.1, 0.15) is 40.0 Å². The first-order valence-electron chi connectivity index (χ1n) is 6.31. The van der Waals surface area contributed by atoms with Gasteiger partial charge in [0.1, 0.15) is 0 Å². The van der Waals surface area contributed by atoms with Crippen LogP contribution in [0.25, 0.3) is 0 Å². The summed E-state index contributed by atoms with van der Waals surface area (Å²) in [5.41, 5.74) is 0. The predicted molar refractivity (Wildman–Crippen MR) is 77.2 cm³/mol. The highest BCUT2D eigenvalue weighted by Crippen LogP contribution is 2.18. The lowest BCUT2D eigenvalue weighted by molar-refractivity contribution is 0.485. The Kier molecular flexibility index (Phi) is 5.94. The Bertz CT molecular complexity index is 493. The van der Waals surface area contributed by atoms with E-state index in [4.69, 9.17) is 0 Å². The van der Waals surface area contributed by atoms with Gasteiger partial charge in [0.2, 0.25) is 5.03 Å². The van der Waals surface area contributed by atoms with Crippen molar-refractivity contribution < 1.29 is 8.42 Å². The maximum atomic E-state index is 12.2. The molecule has 1 N–H and O–H groups in total. The molecule has 1 heterocycles. The summed E-state index contributed by atoms with van der Waals surface area (Å²) >= 11 is 3.10. The predicted octanol–water partition coefficient (Wildman–Crippen LogP) is 2.07. The van der Waals surface area contributed by atoms with Gasteiger partial charge in [-0.05, 0) is 35.2 Å². The quantitative estimate of drug-likeness (QED) is 0.814. The molecule has 110 valence electrons. The largest absolute Gasteiger partial charge is 0.260 e. The van der Waals surface area contributed by atoms with Gasteiger partial charge in [-0.1, -0.05) is 31.9 Å². The summed E-state index contributed by atoms with van der Waals surface area (Å²) in [6.45, 7) is 6.19. The van der Waals surface area contributed by atoms with Crippen molar-refractivity contribution in [1.82, 2.24) is 19.7 Å². The van der Waals surface area contributed by atoms with Crippen molar-refractivity contribution in [1.29, 1.82) is 0 Å². The first-order chi connectivity index (χ1) is 8.74. The van der Waals surface area contributed by atoms with E-state index >= 15 is 0 Å². The lowest BCUT2D eigenvalue weighted by atomic mass is 10.0. The number of hydrogen-bond acceptors (Lipinski definition) is 4. The third-order valence-electron chi connectivity index (χ3n) is 2.77. The van der Waals surface area contributed by atoms with Crippen LogP contribution in [0.3, 0.4) is 0 Å². The highest BCUT2D eigenvalue weighted by atomic mass is 79.9. The third-order valence-corrected chi connectivity index (χ3v) is 5.24. The van der Waals surface area contributed by atoms with Crippen LogP contribution in [0, 0.1) is 5.92 Å². The lowest BCUT2D eigenvalue weighted by Gasteiger charge is -2.14. The number of rotatable bonds is 7. The second kappa shape index (κ2) is 6.81. The normalized spacial score (nSPS) is 14.0. The van der Waals surface area contributed by atoms with E-state index in [1.807, 2.05) is 6.92 Å². The molecule has 1 aromatic rings. The number of halogens is 1. The number of nitrogens with zero attached hydrogens (tertiary/aromatic N) is 3. The van der Waals surface area contributed by atoms with Crippen molar-refractivity contribution in [2.75, 3.05) is 0 Å². The van der Waals surface area contributed by atoms with Crippen LogP contribution in [-0.4, -0.2) is 29.5 Å². The van der Waals surface area contributed by atoms with Crippen molar-refractivity contribution in [2.45, 2.75) is 51.1 Å². The number of hydrogen-bond donors (Lipinski definition) is 1. The molecule has 19 heavy (non-hydrogen) atoms. The highest BCUT2D eigenvalue weighted by Gasteiger charge is 2.25. The van der Waals surface area contributed by atoms with Gasteiger partial charge < -0.3 is 0 Å². The maximum absolute atomic E-state index is 12.2. The molecule has 0 aliphatic heterocycles. The van der Waals surface area contributed by atoms with E-state index in [0.29, 0.717) is 5.92 Å². The molecule has 0 spiro atoms. The molecule has 0 saturated heterocycles. The van der Waals surface area contributed by atoms with Crippen LogP contribution in [0.5, 0.6) is 0 Å². The van der Waals surface area contributed by atoms with E-state index in [9.17, 15) is 8.42 Å². The zero-order valence-electron chi connectivity index (χ0n) is 11.7. The van der Waals surface area contributed by atoms with Gasteiger partial charge in [0, 0.05) is 13.1 Å². The smallest absolute Gasteiger partial charge is 0.235 e. The van der Waals surface area contributed by atoms with E-state index in [-0.39, 0.29) is 15.7 Å². The zero-order valence-corrected chi connectivity index (χ0v) is 14.1. The van der Waals surface area contributed by atoms with Gasteiger partial charge in [-0.2, -0.15) is 0 Å². The van der Waals surface area contributed by atoms with Crippen LogP contribution in [0.2, 0.25) is 0 Å². The van der Waals surface area contributed by atoms with Crippen LogP contribution in [-0.2, 0) is 17.1 Å². The summed E-state index contributed by atoms with van der Waals surface area (Å²) in [5, 5.41) is 7.42. The van der Waals surface area contributed by atoms with E-state index in [1.54, 1.807) is 7.05 Å². The van der Waals surface area contributed by atoms with Crippen molar-refractivity contribution >= 4 is 26.0 Å². The summed E-state index contributed by atoms with van der Waals surface area (Å²) in [7, 11) is -2.04. The molecule has 1 atom stereocenters. The van der Waals surface area contributed by atoms with Gasteiger partial charge in [0.15, 0.2) is 4.60 Å². The van der Waals surface area contributed by atoms with Crippen molar-refractivity contribution in [3.63, 3.8) is 0 Å². The number of aryl methyl sites for hydroxylation is 1. The Hall–Kier alpha value is -0.470. The van der Waals surface area contributed by atoms with E-state index < -0.39 is 10.0 Å². The van der Waals surface area contributed by atoms with Crippen molar-refractivity contribution in [2.24, 2.45) is 13.0 Å². The standard InChI is InChI=1S/C11H21BrN4O2S/c1-8(2)6-5-7-9(3)14-19(17,18)11-10(12)13-15-16(11)4/h8-9,14H,5-7H2,1-4H3. The number of sulfonamides is 1. The molecule has 0 bridgehead atoms. The monoisotopic (exact) mass is 352 g/mol. The summed E-state index contributed by atoms with van der Waals surface area (Å²) < 4.78 is 28.5. The zero-order chi connectivity index (χ0) is 14.6. The topological polar surface area (TPSA) is 76.9 Å². The Morgan fingerprint density at radius 1 is 1.32 bits per heavy atom. The summed E-state index contributed by atoms with van der Waals surface area (Å²) in [4.78, 5) is 0. The van der Waals surface area contributed by atoms with Gasteiger partial charge in [0.25, 0.3) is 10.0 Å². The molecule has 0 aromatic carbocycles. The van der Waals surface area contributed by atoms with Crippen LogP contribution in [0.4, 0.5) is 0 Å². The number of aromatic nitrogens is 3. The van der Waals surface area contributed by atoms with E-state index in [1.165, 1.54) is 4.68 Å². The fourth-order valence-electron chi connectivity index (χ4n) is 1.82. The van der Waals surface area contributed by atoms with Gasteiger partial charge in [-0.15, -0.1) is 5.10 Å². The fourth-order valence-corrected chi connectivity index (χ4v) is 4.19. The molecule has 8 heteroatoms. The number of nitrogens with one attached hydrogen (secondary N) is 1. The van der Waals surface area contributed by atoms with E-state index in [0.717, 1.165) is 19.3 Å². The Balaban J connectivity index is 2.65. The Labute approximate surface area is 123 Å². The molecular formula is C11H21BrN4O2S. The minimum absolute atomic E-state index is 0.0585. The van der Waals surface area contributed by atoms with E-state index in [2.05, 4.69) is 44.8 Å². The molecule has 0 fully saturated rings. The molecule has 1 aromatic heterocycles. The molecule has 0 amide bonds. The molecular weight excluding hydrogens is 332 g/mol. The van der Waals surface area contributed by atoms with Gasteiger partial charge in [-0.3, -0.25) is 0 Å². The van der Waals surface area contributed by atoms with Gasteiger partial charge >= 0.3 is 0 Å². The molecule has 0 aliphatic rings. The van der Waals surface area contributed by atoms with Gasteiger partial charge in [0.05, 0.1) is 0 Å². The molecule has 0 aliphatic carbocycles. The summed E-state index contributed by atoms with van der Waals surface area (Å²) in [5.74, 6) is 0.638. The minimum Gasteiger partial charge on any atom is -0.235 e. The maximum Gasteiger partial charge on any atom is 0.260 e.